The van der Waals surface area contributed by atoms with Gasteiger partial charge in [0.15, 0.2) is 9.76 Å². The van der Waals surface area contributed by atoms with Crippen LogP contribution in [0.1, 0.15) is 39.7 Å². The summed E-state index contributed by atoms with van der Waals surface area (Å²) in [5.74, 6) is 0. The highest BCUT2D eigenvalue weighted by Crippen LogP contribution is 2.19. The second-order valence-corrected chi connectivity index (χ2v) is 9.33. The van der Waals surface area contributed by atoms with Gasteiger partial charge in [-0.05, 0) is 23.9 Å². The zero-order valence-corrected chi connectivity index (χ0v) is 14.9. The first-order valence-corrected chi connectivity index (χ1v) is 8.70. The minimum absolute atomic E-state index is 0.0576. The summed E-state index contributed by atoms with van der Waals surface area (Å²) < 4.78 is 10.9. The number of carbonyl (C=O) groups excluding carboxylic acids is 1. The van der Waals surface area contributed by atoms with Crippen LogP contribution in [0.3, 0.4) is 0 Å². The van der Waals surface area contributed by atoms with Gasteiger partial charge in [-0.2, -0.15) is 0 Å². The molecule has 1 atom stereocenters. The molecule has 0 fully saturated rings. The molecule has 118 valence electrons. The molecule has 0 saturated heterocycles. The second-order valence-electron chi connectivity index (χ2n) is 6.51. The summed E-state index contributed by atoms with van der Waals surface area (Å²) in [6.07, 6.45) is 0.434. The predicted molar refractivity (Wildman–Crippen MR) is 88.1 cm³/mol. The molecule has 0 heterocycles. The number of hydrogen-bond acceptors (Lipinski definition) is 3. The molecular formula is C16H27NO3Si. The molecule has 1 unspecified atom stereocenters. The highest BCUT2D eigenvalue weighted by Gasteiger charge is 2.12. The van der Waals surface area contributed by atoms with Crippen molar-refractivity contribution in [3.63, 3.8) is 0 Å². The van der Waals surface area contributed by atoms with E-state index < -0.39 is 9.76 Å². The van der Waals surface area contributed by atoms with Crippen molar-refractivity contribution in [1.82, 2.24) is 5.32 Å². The van der Waals surface area contributed by atoms with Crippen LogP contribution in [0.15, 0.2) is 30.3 Å². The van der Waals surface area contributed by atoms with E-state index in [9.17, 15) is 4.79 Å². The van der Waals surface area contributed by atoms with Gasteiger partial charge in [0.1, 0.15) is 6.61 Å². The molecule has 0 aliphatic heterocycles. The molecule has 21 heavy (non-hydrogen) atoms. The van der Waals surface area contributed by atoms with Crippen LogP contribution in [0.4, 0.5) is 4.79 Å². The van der Waals surface area contributed by atoms with Gasteiger partial charge >= 0.3 is 6.09 Å². The minimum Gasteiger partial charge on any atom is -0.445 e. The predicted octanol–water partition coefficient (Wildman–Crippen LogP) is 3.01. The molecular weight excluding hydrogens is 282 g/mol. The van der Waals surface area contributed by atoms with Crippen molar-refractivity contribution in [2.45, 2.75) is 51.8 Å². The van der Waals surface area contributed by atoms with E-state index in [0.717, 1.165) is 12.0 Å². The Labute approximate surface area is 130 Å². The van der Waals surface area contributed by atoms with Crippen molar-refractivity contribution in [1.29, 1.82) is 0 Å². The van der Waals surface area contributed by atoms with E-state index in [2.05, 4.69) is 26.1 Å². The standard InChI is InChI=1S/C16H27NO3Si/c1-13(10-11-20-21-16(2,3)4)17-15(18)19-12-14-8-6-5-7-9-14/h5-9,13H,10-12,21H2,1-4H3,(H,17,18). The highest BCUT2D eigenvalue weighted by molar-refractivity contribution is 6.31. The van der Waals surface area contributed by atoms with Gasteiger partial charge in [0.2, 0.25) is 0 Å². The Hall–Kier alpha value is -1.33. The van der Waals surface area contributed by atoms with Crippen LogP contribution in [-0.2, 0) is 15.8 Å². The Morgan fingerprint density at radius 1 is 1.29 bits per heavy atom. The first-order chi connectivity index (χ1) is 9.87. The summed E-state index contributed by atoms with van der Waals surface area (Å²) in [6, 6.07) is 9.71. The number of amides is 1. The van der Waals surface area contributed by atoms with Crippen molar-refractivity contribution >= 4 is 15.9 Å². The molecule has 0 bridgehead atoms. The van der Waals surface area contributed by atoms with Gasteiger partial charge in [0, 0.05) is 12.6 Å². The SMILES string of the molecule is CC(CCO[SiH2]C(C)(C)C)NC(=O)OCc1ccccc1. The van der Waals surface area contributed by atoms with Gasteiger partial charge in [-0.25, -0.2) is 4.79 Å². The molecule has 0 aromatic heterocycles. The lowest BCUT2D eigenvalue weighted by molar-refractivity contribution is 0.135. The molecule has 1 N–H and O–H groups in total. The summed E-state index contributed by atoms with van der Waals surface area (Å²) in [6.45, 7) is 9.55. The first kappa shape index (κ1) is 17.7. The first-order valence-electron chi connectivity index (χ1n) is 7.42. The lowest BCUT2D eigenvalue weighted by Gasteiger charge is -2.19. The Bertz CT molecular complexity index is 417. The van der Waals surface area contributed by atoms with Gasteiger partial charge in [0.05, 0.1) is 0 Å². The molecule has 1 rings (SSSR count). The number of rotatable bonds is 7. The minimum atomic E-state index is -0.509. The Morgan fingerprint density at radius 2 is 1.95 bits per heavy atom. The maximum absolute atomic E-state index is 11.7. The van der Waals surface area contributed by atoms with Crippen molar-refractivity contribution in [2.24, 2.45) is 0 Å². The summed E-state index contributed by atoms with van der Waals surface area (Å²) >= 11 is 0. The van der Waals surface area contributed by atoms with Gasteiger partial charge in [0.25, 0.3) is 0 Å². The summed E-state index contributed by atoms with van der Waals surface area (Å²) in [7, 11) is -0.509. The maximum Gasteiger partial charge on any atom is 0.407 e. The molecule has 4 nitrogen and oxygen atoms in total. The van der Waals surface area contributed by atoms with E-state index >= 15 is 0 Å². The summed E-state index contributed by atoms with van der Waals surface area (Å²) in [5, 5.41) is 3.13. The van der Waals surface area contributed by atoms with Crippen LogP contribution >= 0.6 is 0 Å². The van der Waals surface area contributed by atoms with E-state index in [0.29, 0.717) is 18.3 Å². The van der Waals surface area contributed by atoms with Crippen LogP contribution in [-0.4, -0.2) is 28.5 Å². The molecule has 5 heteroatoms. The molecule has 1 amide bonds. The molecule has 0 aliphatic rings. The molecule has 0 radical (unpaired) electrons. The van der Waals surface area contributed by atoms with E-state index in [1.165, 1.54) is 0 Å². The molecule has 1 aromatic carbocycles. The average molecular weight is 309 g/mol. The largest absolute Gasteiger partial charge is 0.445 e. The monoisotopic (exact) mass is 309 g/mol. The fourth-order valence-corrected chi connectivity index (χ4v) is 2.60. The van der Waals surface area contributed by atoms with E-state index in [1.807, 2.05) is 37.3 Å². The van der Waals surface area contributed by atoms with Crippen LogP contribution < -0.4 is 5.32 Å². The number of nitrogens with one attached hydrogen (secondary N) is 1. The third kappa shape index (κ3) is 9.26. The maximum atomic E-state index is 11.7. The molecule has 0 saturated carbocycles. The Morgan fingerprint density at radius 3 is 2.57 bits per heavy atom. The molecule has 1 aromatic rings. The summed E-state index contributed by atoms with van der Waals surface area (Å²) in [4.78, 5) is 11.7. The second kappa shape index (κ2) is 8.84. The van der Waals surface area contributed by atoms with E-state index in [1.54, 1.807) is 0 Å². The summed E-state index contributed by atoms with van der Waals surface area (Å²) in [5.41, 5.74) is 0.986. The Kier molecular flexibility index (Phi) is 7.46. The van der Waals surface area contributed by atoms with Crippen molar-refractivity contribution in [2.75, 3.05) is 6.61 Å². The number of carbonyl (C=O) groups is 1. The third-order valence-electron chi connectivity index (χ3n) is 2.81. The zero-order chi connectivity index (χ0) is 15.7. The normalized spacial score (nSPS) is 13.3. The fourth-order valence-electron chi connectivity index (χ4n) is 1.68. The molecule has 0 spiro atoms. The third-order valence-corrected chi connectivity index (χ3v) is 4.17. The number of alkyl carbamates (subject to hydrolysis) is 1. The van der Waals surface area contributed by atoms with Crippen LogP contribution in [0, 0.1) is 0 Å². The van der Waals surface area contributed by atoms with Crippen LogP contribution in [0.2, 0.25) is 5.04 Å². The number of benzene rings is 1. The van der Waals surface area contributed by atoms with Gasteiger partial charge in [-0.15, -0.1) is 0 Å². The smallest absolute Gasteiger partial charge is 0.407 e. The van der Waals surface area contributed by atoms with Crippen LogP contribution in [0.5, 0.6) is 0 Å². The Balaban J connectivity index is 2.13. The van der Waals surface area contributed by atoms with Gasteiger partial charge < -0.3 is 14.5 Å². The van der Waals surface area contributed by atoms with Gasteiger partial charge in [-0.3, -0.25) is 0 Å². The fraction of sp³-hybridized carbons (Fsp3) is 0.562. The number of ether oxygens (including phenoxy) is 1. The molecule has 0 aliphatic carbocycles. The van der Waals surface area contributed by atoms with Crippen molar-refractivity contribution in [3.8, 4) is 0 Å². The lowest BCUT2D eigenvalue weighted by Crippen LogP contribution is -2.34. The van der Waals surface area contributed by atoms with Crippen LogP contribution in [0.25, 0.3) is 0 Å². The highest BCUT2D eigenvalue weighted by atomic mass is 28.2. The zero-order valence-electron chi connectivity index (χ0n) is 13.5. The van der Waals surface area contributed by atoms with Crippen molar-refractivity contribution in [3.05, 3.63) is 35.9 Å². The topological polar surface area (TPSA) is 47.6 Å². The lowest BCUT2D eigenvalue weighted by atomic mass is 10.2. The van der Waals surface area contributed by atoms with Gasteiger partial charge in [-0.1, -0.05) is 51.1 Å². The van der Waals surface area contributed by atoms with Crippen molar-refractivity contribution < 1.29 is 14.0 Å². The quantitative estimate of drug-likeness (QED) is 0.622. The average Bonchev–Trinajstić information content (AvgIpc) is 2.41. The van der Waals surface area contributed by atoms with E-state index in [-0.39, 0.29) is 12.1 Å². The van der Waals surface area contributed by atoms with E-state index in [4.69, 9.17) is 9.16 Å². The number of hydrogen-bond donors (Lipinski definition) is 1.